The van der Waals surface area contributed by atoms with E-state index in [0.717, 1.165) is 6.54 Å². The van der Waals surface area contributed by atoms with Gasteiger partial charge in [-0.15, -0.1) is 0 Å². The highest BCUT2D eigenvalue weighted by Gasteiger charge is 2.18. The average molecular weight is 248 g/mol. The summed E-state index contributed by atoms with van der Waals surface area (Å²) in [6.45, 7) is 7.07. The van der Waals surface area contributed by atoms with Gasteiger partial charge < -0.3 is 9.73 Å². The Bertz CT molecular complexity index is 429. The molecule has 1 aromatic rings. The van der Waals surface area contributed by atoms with Gasteiger partial charge in [-0.3, -0.25) is 4.90 Å². The van der Waals surface area contributed by atoms with E-state index in [1.54, 1.807) is 6.92 Å². The molecule has 0 bridgehead atoms. The number of nitrogens with zero attached hydrogens (tertiary/aromatic N) is 3. The van der Waals surface area contributed by atoms with Crippen LogP contribution in [0.4, 0.5) is 5.88 Å². The molecule has 1 atom stereocenters. The number of likely N-dealkylation sites (tertiary alicyclic amines) is 1. The quantitative estimate of drug-likeness (QED) is 0.884. The topological polar surface area (TPSA) is 65.1 Å². The van der Waals surface area contributed by atoms with E-state index in [9.17, 15) is 0 Å². The van der Waals surface area contributed by atoms with E-state index >= 15 is 0 Å². The molecule has 1 N–H and O–H groups in total. The molecule has 0 saturated carbocycles. The Labute approximate surface area is 108 Å². The minimum atomic E-state index is 0.346. The highest BCUT2D eigenvalue weighted by Crippen LogP contribution is 2.17. The number of piperidine rings is 1. The smallest absolute Gasteiger partial charge is 0.232 e. The molecule has 0 radical (unpaired) electrons. The monoisotopic (exact) mass is 248 g/mol. The van der Waals surface area contributed by atoms with Crippen LogP contribution in [0.25, 0.3) is 0 Å². The van der Waals surface area contributed by atoms with Crippen LogP contribution in [0.3, 0.4) is 0 Å². The number of anilines is 1. The predicted molar refractivity (Wildman–Crippen MR) is 69.3 cm³/mol. The zero-order chi connectivity index (χ0) is 13.0. The molecular weight excluding hydrogens is 228 g/mol. The maximum atomic E-state index is 8.92. The van der Waals surface area contributed by atoms with Crippen LogP contribution in [0.1, 0.15) is 37.8 Å². The third-order valence-corrected chi connectivity index (χ3v) is 3.41. The zero-order valence-electron chi connectivity index (χ0n) is 11.1. The summed E-state index contributed by atoms with van der Waals surface area (Å²) in [5.41, 5.74) is 0.346. The third kappa shape index (κ3) is 3.02. The van der Waals surface area contributed by atoms with E-state index in [4.69, 9.17) is 9.68 Å². The van der Waals surface area contributed by atoms with E-state index in [0.29, 0.717) is 23.5 Å². The maximum absolute atomic E-state index is 8.92. The van der Waals surface area contributed by atoms with Gasteiger partial charge in [0.2, 0.25) is 11.6 Å². The summed E-state index contributed by atoms with van der Waals surface area (Å²) in [4.78, 5) is 6.49. The Balaban J connectivity index is 1.88. The van der Waals surface area contributed by atoms with Crippen LogP contribution in [0, 0.1) is 18.3 Å². The first kappa shape index (κ1) is 12.9. The van der Waals surface area contributed by atoms with E-state index in [1.807, 2.05) is 6.07 Å². The van der Waals surface area contributed by atoms with Crippen LogP contribution in [0.5, 0.6) is 0 Å². The van der Waals surface area contributed by atoms with Gasteiger partial charge in [-0.2, -0.15) is 5.26 Å². The molecule has 0 unspecified atom stereocenters. The maximum Gasteiger partial charge on any atom is 0.232 e. The molecule has 5 nitrogen and oxygen atoms in total. The van der Waals surface area contributed by atoms with Crippen LogP contribution in [0.15, 0.2) is 4.42 Å². The van der Waals surface area contributed by atoms with Gasteiger partial charge in [0.25, 0.3) is 0 Å². The van der Waals surface area contributed by atoms with Gasteiger partial charge in [0.15, 0.2) is 5.89 Å². The van der Waals surface area contributed by atoms with Gasteiger partial charge >= 0.3 is 0 Å². The van der Waals surface area contributed by atoms with Crippen molar-refractivity contribution in [1.29, 1.82) is 5.26 Å². The minimum absolute atomic E-state index is 0.346. The number of hydrogen-bond acceptors (Lipinski definition) is 5. The molecule has 1 aromatic heterocycles. The van der Waals surface area contributed by atoms with Crippen LogP contribution in [-0.2, 0) is 0 Å². The van der Waals surface area contributed by atoms with E-state index < -0.39 is 0 Å². The van der Waals surface area contributed by atoms with Crippen LogP contribution >= 0.6 is 0 Å². The second-order valence-corrected chi connectivity index (χ2v) is 4.85. The fraction of sp³-hybridized carbons (Fsp3) is 0.692. The summed E-state index contributed by atoms with van der Waals surface area (Å²) < 4.78 is 5.38. The van der Waals surface area contributed by atoms with Gasteiger partial charge in [-0.25, -0.2) is 4.98 Å². The SMILES string of the molecule is Cc1nc(C#N)c(NC[C@H](C)N2CCCCC2)o1. The Morgan fingerprint density at radius 2 is 2.17 bits per heavy atom. The standard InChI is InChI=1S/C13H20N4O/c1-10(17-6-4-3-5-7-17)9-15-13-12(8-14)16-11(2)18-13/h10,15H,3-7,9H2,1-2H3/t10-/m0/s1. The summed E-state index contributed by atoms with van der Waals surface area (Å²) in [5.74, 6) is 1.03. The summed E-state index contributed by atoms with van der Waals surface area (Å²) in [6, 6.07) is 2.49. The lowest BCUT2D eigenvalue weighted by atomic mass is 10.1. The molecule has 0 aliphatic carbocycles. The normalized spacial score (nSPS) is 18.3. The van der Waals surface area contributed by atoms with Crippen molar-refractivity contribution < 1.29 is 4.42 Å². The highest BCUT2D eigenvalue weighted by atomic mass is 16.4. The molecule has 1 fully saturated rings. The van der Waals surface area contributed by atoms with E-state index in [1.165, 1.54) is 32.4 Å². The summed E-state index contributed by atoms with van der Waals surface area (Å²) in [5, 5.41) is 12.1. The number of aromatic nitrogens is 1. The van der Waals surface area contributed by atoms with Crippen molar-refractivity contribution in [2.75, 3.05) is 25.0 Å². The second kappa shape index (κ2) is 5.87. The van der Waals surface area contributed by atoms with Crippen molar-refractivity contribution >= 4 is 5.88 Å². The van der Waals surface area contributed by atoms with Crippen molar-refractivity contribution in [1.82, 2.24) is 9.88 Å². The first-order chi connectivity index (χ1) is 8.70. The molecule has 0 aromatic carbocycles. The molecule has 1 aliphatic rings. The molecule has 2 rings (SSSR count). The first-order valence-electron chi connectivity index (χ1n) is 6.56. The Morgan fingerprint density at radius 3 is 2.83 bits per heavy atom. The molecule has 5 heteroatoms. The van der Waals surface area contributed by atoms with Crippen molar-refractivity contribution in [3.63, 3.8) is 0 Å². The number of nitriles is 1. The average Bonchev–Trinajstić information content (AvgIpc) is 2.77. The Kier molecular flexibility index (Phi) is 4.21. The van der Waals surface area contributed by atoms with Crippen molar-refractivity contribution in [2.24, 2.45) is 0 Å². The number of rotatable bonds is 4. The number of hydrogen-bond donors (Lipinski definition) is 1. The molecule has 1 aliphatic heterocycles. The molecule has 1 saturated heterocycles. The summed E-state index contributed by atoms with van der Waals surface area (Å²) in [7, 11) is 0. The van der Waals surface area contributed by atoms with Crippen LogP contribution < -0.4 is 5.32 Å². The lowest BCUT2D eigenvalue weighted by molar-refractivity contribution is 0.180. The molecule has 2 heterocycles. The molecule has 18 heavy (non-hydrogen) atoms. The molecule has 0 spiro atoms. The van der Waals surface area contributed by atoms with Crippen LogP contribution in [0.2, 0.25) is 0 Å². The highest BCUT2D eigenvalue weighted by molar-refractivity contribution is 5.45. The second-order valence-electron chi connectivity index (χ2n) is 4.85. The Morgan fingerprint density at radius 1 is 1.44 bits per heavy atom. The predicted octanol–water partition coefficient (Wildman–Crippen LogP) is 2.14. The van der Waals surface area contributed by atoms with Crippen molar-refractivity contribution in [3.05, 3.63) is 11.6 Å². The molecule has 98 valence electrons. The first-order valence-corrected chi connectivity index (χ1v) is 6.56. The Hall–Kier alpha value is -1.54. The largest absolute Gasteiger partial charge is 0.424 e. The van der Waals surface area contributed by atoms with Gasteiger partial charge in [-0.1, -0.05) is 6.42 Å². The third-order valence-electron chi connectivity index (χ3n) is 3.41. The van der Waals surface area contributed by atoms with E-state index in [-0.39, 0.29) is 0 Å². The zero-order valence-corrected chi connectivity index (χ0v) is 11.1. The van der Waals surface area contributed by atoms with Gasteiger partial charge in [0.05, 0.1) is 0 Å². The lowest BCUT2D eigenvalue weighted by Crippen LogP contribution is -2.41. The van der Waals surface area contributed by atoms with Gasteiger partial charge in [0, 0.05) is 19.5 Å². The van der Waals surface area contributed by atoms with Gasteiger partial charge in [0.1, 0.15) is 6.07 Å². The lowest BCUT2D eigenvalue weighted by Gasteiger charge is -2.32. The van der Waals surface area contributed by atoms with Crippen LogP contribution in [-0.4, -0.2) is 35.6 Å². The molecule has 0 amide bonds. The number of oxazole rings is 1. The van der Waals surface area contributed by atoms with E-state index in [2.05, 4.69) is 22.1 Å². The van der Waals surface area contributed by atoms with Crippen molar-refractivity contribution in [2.45, 2.75) is 39.2 Å². The van der Waals surface area contributed by atoms with Crippen molar-refractivity contribution in [3.8, 4) is 6.07 Å². The summed E-state index contributed by atoms with van der Waals surface area (Å²) in [6.07, 6.45) is 3.92. The molecular formula is C13H20N4O. The number of nitrogens with one attached hydrogen (secondary N) is 1. The van der Waals surface area contributed by atoms with Gasteiger partial charge in [-0.05, 0) is 32.9 Å². The number of aryl methyl sites for hydroxylation is 1. The summed E-state index contributed by atoms with van der Waals surface area (Å²) >= 11 is 0. The minimum Gasteiger partial charge on any atom is -0.424 e. The fourth-order valence-electron chi connectivity index (χ4n) is 2.35. The fourth-order valence-corrected chi connectivity index (χ4v) is 2.35.